The van der Waals surface area contributed by atoms with Crippen LogP contribution in [0.2, 0.25) is 0 Å². The predicted octanol–water partition coefficient (Wildman–Crippen LogP) is 1.47. The largest absolute Gasteiger partial charge is 0.324 e. The van der Waals surface area contributed by atoms with E-state index in [1.807, 2.05) is 19.9 Å². The Labute approximate surface area is 50.9 Å². The maximum absolute atomic E-state index is 5.52. The van der Waals surface area contributed by atoms with Crippen molar-refractivity contribution in [2.75, 3.05) is 0 Å². The Morgan fingerprint density at radius 1 is 1.75 bits per heavy atom. The molecule has 1 atom stereocenters. The second kappa shape index (κ2) is 3.44. The van der Waals surface area contributed by atoms with Gasteiger partial charge in [0.25, 0.3) is 0 Å². The highest BCUT2D eigenvalue weighted by atomic mass is 14.6. The average molecular weight is 111 g/mol. The monoisotopic (exact) mass is 111 g/mol. The van der Waals surface area contributed by atoms with Gasteiger partial charge in [-0.05, 0) is 19.4 Å². The third-order valence-electron chi connectivity index (χ3n) is 1.09. The minimum Gasteiger partial charge on any atom is -0.324 e. The lowest BCUT2D eigenvalue weighted by atomic mass is 10.1. The third-order valence-corrected chi connectivity index (χ3v) is 1.09. The molecule has 0 fully saturated rings. The fourth-order valence-electron chi connectivity index (χ4n) is 0.567. The van der Waals surface area contributed by atoms with Gasteiger partial charge in [0.1, 0.15) is 0 Å². The van der Waals surface area contributed by atoms with Crippen LogP contribution in [0.4, 0.5) is 0 Å². The number of hydrogen-bond acceptors (Lipinski definition) is 1. The minimum atomic E-state index is 0.123. The molecule has 0 saturated heterocycles. The first-order chi connectivity index (χ1) is 3.72. The van der Waals surface area contributed by atoms with Crippen molar-refractivity contribution in [2.24, 2.45) is 5.73 Å². The Hall–Kier alpha value is -0.560. The van der Waals surface area contributed by atoms with E-state index in [1.165, 1.54) is 0 Å². The van der Waals surface area contributed by atoms with Crippen molar-refractivity contribution in [3.63, 3.8) is 0 Å². The highest BCUT2D eigenvalue weighted by Crippen LogP contribution is 1.97. The molecule has 0 amide bonds. The van der Waals surface area contributed by atoms with Crippen LogP contribution in [-0.2, 0) is 0 Å². The maximum Gasteiger partial charge on any atom is 0.0262 e. The van der Waals surface area contributed by atoms with Gasteiger partial charge in [0, 0.05) is 6.04 Å². The van der Waals surface area contributed by atoms with E-state index in [9.17, 15) is 0 Å². The second-order valence-corrected chi connectivity index (χ2v) is 1.78. The topological polar surface area (TPSA) is 26.0 Å². The van der Waals surface area contributed by atoms with E-state index in [1.54, 1.807) is 6.08 Å². The first-order valence-corrected chi connectivity index (χ1v) is 2.76. The van der Waals surface area contributed by atoms with E-state index in [-0.39, 0.29) is 6.04 Å². The van der Waals surface area contributed by atoms with Crippen LogP contribution in [-0.4, -0.2) is 6.04 Å². The molecule has 1 heteroatoms. The van der Waals surface area contributed by atoms with Gasteiger partial charge in [-0.25, -0.2) is 0 Å². The molecular weight excluding hydrogens is 98.1 g/mol. The zero-order valence-corrected chi connectivity index (χ0v) is 5.52. The maximum atomic E-state index is 5.52. The molecule has 0 aliphatic carbocycles. The molecular formula is C7H13N. The number of nitrogens with two attached hydrogens (primary N) is 1. The van der Waals surface area contributed by atoms with Crippen LogP contribution in [0.25, 0.3) is 0 Å². The van der Waals surface area contributed by atoms with Crippen LogP contribution in [0, 0.1) is 0 Å². The van der Waals surface area contributed by atoms with Crippen molar-refractivity contribution in [2.45, 2.75) is 19.9 Å². The summed E-state index contributed by atoms with van der Waals surface area (Å²) < 4.78 is 0. The third kappa shape index (κ3) is 1.94. The van der Waals surface area contributed by atoms with E-state index in [4.69, 9.17) is 5.73 Å². The van der Waals surface area contributed by atoms with Crippen LogP contribution < -0.4 is 5.73 Å². The summed E-state index contributed by atoms with van der Waals surface area (Å²) in [6.45, 7) is 7.51. The first kappa shape index (κ1) is 7.44. The van der Waals surface area contributed by atoms with Crippen molar-refractivity contribution < 1.29 is 0 Å². The summed E-state index contributed by atoms with van der Waals surface area (Å²) in [5.74, 6) is 0. The molecule has 0 aliphatic rings. The molecule has 46 valence electrons. The van der Waals surface area contributed by atoms with E-state index in [2.05, 4.69) is 6.58 Å². The first-order valence-electron chi connectivity index (χ1n) is 2.76. The highest BCUT2D eigenvalue weighted by molar-refractivity contribution is 5.19. The lowest BCUT2D eigenvalue weighted by molar-refractivity contribution is 0.883. The molecule has 0 aromatic heterocycles. The van der Waals surface area contributed by atoms with Crippen molar-refractivity contribution >= 4 is 0 Å². The van der Waals surface area contributed by atoms with E-state index in [0.29, 0.717) is 0 Å². The Kier molecular flexibility index (Phi) is 3.20. The van der Waals surface area contributed by atoms with E-state index < -0.39 is 0 Å². The summed E-state index contributed by atoms with van der Waals surface area (Å²) in [4.78, 5) is 0. The Bertz CT molecular complexity index is 101. The molecule has 0 spiro atoms. The minimum absolute atomic E-state index is 0.123. The van der Waals surface area contributed by atoms with Crippen LogP contribution in [0.15, 0.2) is 24.3 Å². The lowest BCUT2D eigenvalue weighted by Crippen LogP contribution is -2.16. The summed E-state index contributed by atoms with van der Waals surface area (Å²) in [5, 5.41) is 0. The lowest BCUT2D eigenvalue weighted by Gasteiger charge is -2.02. The molecule has 0 saturated carbocycles. The van der Waals surface area contributed by atoms with Gasteiger partial charge in [-0.1, -0.05) is 18.7 Å². The normalized spacial score (nSPS) is 15.6. The zero-order chi connectivity index (χ0) is 6.57. The van der Waals surface area contributed by atoms with Gasteiger partial charge in [0.2, 0.25) is 0 Å². The number of rotatable bonds is 2. The SMILES string of the molecule is C=C/C(=C\C)[C@@H](C)N. The quantitative estimate of drug-likeness (QED) is 0.536. The van der Waals surface area contributed by atoms with Gasteiger partial charge < -0.3 is 5.73 Å². The van der Waals surface area contributed by atoms with Crippen molar-refractivity contribution in [3.8, 4) is 0 Å². The molecule has 0 heterocycles. The predicted molar refractivity (Wildman–Crippen MR) is 37.6 cm³/mol. The van der Waals surface area contributed by atoms with Crippen LogP contribution >= 0.6 is 0 Å². The van der Waals surface area contributed by atoms with E-state index in [0.717, 1.165) is 5.57 Å². The molecule has 0 bridgehead atoms. The second-order valence-electron chi connectivity index (χ2n) is 1.78. The van der Waals surface area contributed by atoms with Crippen molar-refractivity contribution in [3.05, 3.63) is 24.3 Å². The Morgan fingerprint density at radius 2 is 2.25 bits per heavy atom. The van der Waals surface area contributed by atoms with Crippen LogP contribution in [0.5, 0.6) is 0 Å². The average Bonchev–Trinajstić information content (AvgIpc) is 1.69. The fraction of sp³-hybridized carbons (Fsp3) is 0.429. The van der Waals surface area contributed by atoms with Crippen molar-refractivity contribution in [1.29, 1.82) is 0 Å². The Morgan fingerprint density at radius 3 is 2.25 bits per heavy atom. The van der Waals surface area contributed by atoms with Crippen molar-refractivity contribution in [1.82, 2.24) is 0 Å². The summed E-state index contributed by atoms with van der Waals surface area (Å²) in [6, 6.07) is 0.123. The van der Waals surface area contributed by atoms with E-state index >= 15 is 0 Å². The standard InChI is InChI=1S/C7H13N/c1-4-7(5-2)6(3)8/h4-6H,1,8H2,2-3H3/b7-5+/t6-/m1/s1. The van der Waals surface area contributed by atoms with Gasteiger partial charge >= 0.3 is 0 Å². The van der Waals surface area contributed by atoms with Gasteiger partial charge in [0.15, 0.2) is 0 Å². The number of allylic oxidation sites excluding steroid dienone is 1. The van der Waals surface area contributed by atoms with Gasteiger partial charge in [0.05, 0.1) is 0 Å². The molecule has 2 N–H and O–H groups in total. The highest BCUT2D eigenvalue weighted by Gasteiger charge is 1.93. The molecule has 0 aromatic carbocycles. The van der Waals surface area contributed by atoms with Gasteiger partial charge in [-0.15, -0.1) is 0 Å². The summed E-state index contributed by atoms with van der Waals surface area (Å²) in [7, 11) is 0. The van der Waals surface area contributed by atoms with Crippen LogP contribution in [0.3, 0.4) is 0 Å². The summed E-state index contributed by atoms with van der Waals surface area (Å²) in [5.41, 5.74) is 6.62. The van der Waals surface area contributed by atoms with Crippen LogP contribution in [0.1, 0.15) is 13.8 Å². The molecule has 0 rings (SSSR count). The zero-order valence-electron chi connectivity index (χ0n) is 5.52. The summed E-state index contributed by atoms with van der Waals surface area (Å²) in [6.07, 6.45) is 3.75. The molecule has 0 radical (unpaired) electrons. The molecule has 0 aliphatic heterocycles. The summed E-state index contributed by atoms with van der Waals surface area (Å²) >= 11 is 0. The molecule has 0 aromatic rings. The Balaban J connectivity index is 3.91. The van der Waals surface area contributed by atoms with Gasteiger partial charge in [-0.3, -0.25) is 0 Å². The fourth-order valence-corrected chi connectivity index (χ4v) is 0.567. The molecule has 1 nitrogen and oxygen atoms in total. The smallest absolute Gasteiger partial charge is 0.0262 e. The number of hydrogen-bond donors (Lipinski definition) is 1. The molecule has 0 unspecified atom stereocenters. The van der Waals surface area contributed by atoms with Gasteiger partial charge in [-0.2, -0.15) is 0 Å². The molecule has 8 heavy (non-hydrogen) atoms.